The van der Waals surface area contributed by atoms with Crippen molar-refractivity contribution in [2.75, 3.05) is 36.8 Å². The molecule has 2 aromatic rings. The van der Waals surface area contributed by atoms with Gasteiger partial charge in [0, 0.05) is 38.6 Å². The van der Waals surface area contributed by atoms with Gasteiger partial charge in [0.15, 0.2) is 0 Å². The molecule has 1 amide bonds. The predicted molar refractivity (Wildman–Crippen MR) is 81.0 cm³/mol. The van der Waals surface area contributed by atoms with Crippen molar-refractivity contribution in [3.8, 4) is 0 Å². The Morgan fingerprint density at radius 1 is 1.10 bits per heavy atom. The summed E-state index contributed by atoms with van der Waals surface area (Å²) in [5.41, 5.74) is 6.93. The highest BCUT2D eigenvalue weighted by Gasteiger charge is 2.22. The highest BCUT2D eigenvalue weighted by atomic mass is 16.2. The van der Waals surface area contributed by atoms with E-state index in [0.717, 1.165) is 18.9 Å². The molecule has 1 saturated heterocycles. The third kappa shape index (κ3) is 2.94. The van der Waals surface area contributed by atoms with Gasteiger partial charge >= 0.3 is 0 Å². The molecule has 0 spiro atoms. The van der Waals surface area contributed by atoms with Crippen LogP contribution < -0.4 is 10.6 Å². The van der Waals surface area contributed by atoms with Gasteiger partial charge in [0.05, 0.1) is 17.4 Å². The van der Waals surface area contributed by atoms with Crippen LogP contribution in [0.25, 0.3) is 0 Å². The minimum Gasteiger partial charge on any atom is -0.397 e. The number of anilines is 2. The summed E-state index contributed by atoms with van der Waals surface area (Å²) in [5, 5.41) is 0. The number of rotatable bonds is 2. The molecule has 21 heavy (non-hydrogen) atoms. The molecule has 1 aliphatic heterocycles. The van der Waals surface area contributed by atoms with E-state index in [4.69, 9.17) is 5.73 Å². The van der Waals surface area contributed by atoms with Crippen LogP contribution in [0.1, 0.15) is 10.4 Å². The maximum absolute atomic E-state index is 12.3. The second-order valence-electron chi connectivity index (χ2n) is 4.97. The van der Waals surface area contributed by atoms with E-state index in [-0.39, 0.29) is 5.91 Å². The molecule has 0 unspecified atom stereocenters. The van der Waals surface area contributed by atoms with Crippen LogP contribution in [0.5, 0.6) is 0 Å². The normalized spacial score (nSPS) is 15.0. The van der Waals surface area contributed by atoms with Gasteiger partial charge in [0.1, 0.15) is 5.82 Å². The molecule has 0 saturated carbocycles. The maximum atomic E-state index is 12.3. The number of pyridine rings is 2. The minimum atomic E-state index is 0.0352. The Labute approximate surface area is 123 Å². The van der Waals surface area contributed by atoms with E-state index in [1.165, 1.54) is 0 Å². The average molecular weight is 283 g/mol. The summed E-state index contributed by atoms with van der Waals surface area (Å²) in [6.07, 6.45) is 4.93. The van der Waals surface area contributed by atoms with E-state index in [9.17, 15) is 4.79 Å². The summed E-state index contributed by atoms with van der Waals surface area (Å²) in [6.45, 7) is 2.89. The third-order valence-electron chi connectivity index (χ3n) is 3.57. The Morgan fingerprint density at radius 2 is 1.90 bits per heavy atom. The van der Waals surface area contributed by atoms with Crippen LogP contribution >= 0.6 is 0 Å². The summed E-state index contributed by atoms with van der Waals surface area (Å²) in [7, 11) is 0. The van der Waals surface area contributed by atoms with E-state index in [0.29, 0.717) is 24.3 Å². The Bertz CT molecular complexity index is 606. The van der Waals surface area contributed by atoms with Crippen molar-refractivity contribution in [1.82, 2.24) is 14.9 Å². The van der Waals surface area contributed by atoms with E-state index in [2.05, 4.69) is 14.9 Å². The van der Waals surface area contributed by atoms with Crippen molar-refractivity contribution in [1.29, 1.82) is 0 Å². The van der Waals surface area contributed by atoms with E-state index in [1.54, 1.807) is 30.7 Å². The fourth-order valence-electron chi connectivity index (χ4n) is 2.40. The summed E-state index contributed by atoms with van der Waals surface area (Å²) in [6, 6.07) is 7.33. The molecule has 0 atom stereocenters. The number of nitrogen functional groups attached to an aromatic ring is 1. The van der Waals surface area contributed by atoms with Gasteiger partial charge in [-0.1, -0.05) is 0 Å². The Morgan fingerprint density at radius 3 is 2.52 bits per heavy atom. The van der Waals surface area contributed by atoms with Gasteiger partial charge in [-0.05, 0) is 24.3 Å². The van der Waals surface area contributed by atoms with Gasteiger partial charge in [-0.15, -0.1) is 0 Å². The van der Waals surface area contributed by atoms with Crippen LogP contribution in [0.2, 0.25) is 0 Å². The number of hydrogen-bond acceptors (Lipinski definition) is 5. The maximum Gasteiger partial charge on any atom is 0.255 e. The molecule has 108 valence electrons. The van der Waals surface area contributed by atoms with Gasteiger partial charge in [-0.2, -0.15) is 0 Å². The quantitative estimate of drug-likeness (QED) is 0.890. The monoisotopic (exact) mass is 283 g/mol. The number of aromatic nitrogens is 2. The van der Waals surface area contributed by atoms with Gasteiger partial charge in [-0.25, -0.2) is 4.98 Å². The predicted octanol–water partition coefficient (Wildman–Crippen LogP) is 1.02. The van der Waals surface area contributed by atoms with Crippen molar-refractivity contribution < 1.29 is 4.79 Å². The van der Waals surface area contributed by atoms with Crippen molar-refractivity contribution in [2.24, 2.45) is 0 Å². The molecular formula is C15H17N5O. The lowest BCUT2D eigenvalue weighted by Gasteiger charge is -2.35. The van der Waals surface area contributed by atoms with Gasteiger partial charge in [0.25, 0.3) is 5.91 Å². The highest BCUT2D eigenvalue weighted by molar-refractivity contribution is 5.94. The second-order valence-corrected chi connectivity index (χ2v) is 4.97. The lowest BCUT2D eigenvalue weighted by molar-refractivity contribution is 0.0746. The Hall–Kier alpha value is -2.63. The highest BCUT2D eigenvalue weighted by Crippen LogP contribution is 2.15. The molecule has 0 bridgehead atoms. The molecule has 2 aromatic heterocycles. The number of piperazine rings is 1. The first kappa shape index (κ1) is 13.4. The molecule has 1 aliphatic rings. The standard InChI is InChI=1S/C15H17N5O/c16-13-3-4-14(18-11-13)19-6-8-20(9-7-19)15(21)12-2-1-5-17-10-12/h1-5,10-11H,6-9,16H2. The summed E-state index contributed by atoms with van der Waals surface area (Å²) in [5.74, 6) is 0.936. The molecule has 0 radical (unpaired) electrons. The zero-order valence-corrected chi connectivity index (χ0v) is 11.6. The number of hydrogen-bond donors (Lipinski definition) is 1. The van der Waals surface area contributed by atoms with E-state index >= 15 is 0 Å². The molecule has 6 nitrogen and oxygen atoms in total. The van der Waals surface area contributed by atoms with Crippen LogP contribution in [0.3, 0.4) is 0 Å². The van der Waals surface area contributed by atoms with Crippen LogP contribution in [0.15, 0.2) is 42.9 Å². The van der Waals surface area contributed by atoms with Crippen LogP contribution in [0, 0.1) is 0 Å². The zero-order chi connectivity index (χ0) is 14.7. The molecule has 3 heterocycles. The number of nitrogens with zero attached hydrogens (tertiary/aromatic N) is 4. The third-order valence-corrected chi connectivity index (χ3v) is 3.57. The van der Waals surface area contributed by atoms with Crippen LogP contribution in [0.4, 0.5) is 11.5 Å². The van der Waals surface area contributed by atoms with Crippen LogP contribution in [-0.2, 0) is 0 Å². The smallest absolute Gasteiger partial charge is 0.255 e. The van der Waals surface area contributed by atoms with Crippen LogP contribution in [-0.4, -0.2) is 47.0 Å². The van der Waals surface area contributed by atoms with E-state index in [1.807, 2.05) is 17.0 Å². The van der Waals surface area contributed by atoms with Gasteiger partial charge in [0.2, 0.25) is 0 Å². The molecule has 1 fully saturated rings. The van der Waals surface area contributed by atoms with Crippen molar-refractivity contribution >= 4 is 17.4 Å². The number of amides is 1. The molecule has 0 aliphatic carbocycles. The fraction of sp³-hybridized carbons (Fsp3) is 0.267. The SMILES string of the molecule is Nc1ccc(N2CCN(C(=O)c3cccnc3)CC2)nc1. The number of nitrogens with two attached hydrogens (primary N) is 1. The Kier molecular flexibility index (Phi) is 3.68. The van der Waals surface area contributed by atoms with E-state index < -0.39 is 0 Å². The number of carbonyl (C=O) groups is 1. The zero-order valence-electron chi connectivity index (χ0n) is 11.6. The summed E-state index contributed by atoms with van der Waals surface area (Å²) < 4.78 is 0. The fourth-order valence-corrected chi connectivity index (χ4v) is 2.40. The summed E-state index contributed by atoms with van der Waals surface area (Å²) in [4.78, 5) is 24.6. The lowest BCUT2D eigenvalue weighted by atomic mass is 10.2. The average Bonchev–Trinajstić information content (AvgIpc) is 2.56. The van der Waals surface area contributed by atoms with Crippen molar-refractivity contribution in [3.63, 3.8) is 0 Å². The topological polar surface area (TPSA) is 75.3 Å². The molecular weight excluding hydrogens is 266 g/mol. The molecule has 6 heteroatoms. The number of carbonyl (C=O) groups excluding carboxylic acids is 1. The van der Waals surface area contributed by atoms with Gasteiger partial charge < -0.3 is 15.5 Å². The van der Waals surface area contributed by atoms with Crippen molar-refractivity contribution in [3.05, 3.63) is 48.4 Å². The molecule has 0 aromatic carbocycles. The Balaban J connectivity index is 1.63. The first-order valence-corrected chi connectivity index (χ1v) is 6.90. The summed E-state index contributed by atoms with van der Waals surface area (Å²) >= 11 is 0. The molecule has 3 rings (SSSR count). The lowest BCUT2D eigenvalue weighted by Crippen LogP contribution is -2.49. The first-order valence-electron chi connectivity index (χ1n) is 6.90. The minimum absolute atomic E-state index is 0.0352. The van der Waals surface area contributed by atoms with Gasteiger partial charge in [-0.3, -0.25) is 9.78 Å². The molecule has 2 N–H and O–H groups in total. The second kappa shape index (κ2) is 5.78. The van der Waals surface area contributed by atoms with Crippen molar-refractivity contribution in [2.45, 2.75) is 0 Å². The first-order chi connectivity index (χ1) is 10.2. The largest absolute Gasteiger partial charge is 0.397 e.